The number of carbonyl (C=O) groups is 1. The molecule has 1 amide bonds. The summed E-state index contributed by atoms with van der Waals surface area (Å²) in [6, 6.07) is 11.8. The number of carbonyl (C=O) groups excluding carboxylic acids is 1. The van der Waals surface area contributed by atoms with Crippen molar-refractivity contribution in [2.24, 2.45) is 13.0 Å². The molecule has 1 saturated heterocycles. The number of pyridine rings is 1. The van der Waals surface area contributed by atoms with E-state index in [1.54, 1.807) is 21.3 Å². The average Bonchev–Trinajstić information content (AvgIpc) is 3.20. The quantitative estimate of drug-likeness (QED) is 0.544. The van der Waals surface area contributed by atoms with E-state index in [4.69, 9.17) is 4.74 Å². The summed E-state index contributed by atoms with van der Waals surface area (Å²) >= 11 is 1.66. The highest BCUT2D eigenvalue weighted by molar-refractivity contribution is 7.99. The van der Waals surface area contributed by atoms with Crippen molar-refractivity contribution >= 4 is 17.9 Å². The van der Waals surface area contributed by atoms with Crippen molar-refractivity contribution in [3.05, 3.63) is 59.4 Å². The third kappa shape index (κ3) is 5.81. The second-order valence-electron chi connectivity index (χ2n) is 7.84. The fourth-order valence-electron chi connectivity index (χ4n) is 3.47. The van der Waals surface area contributed by atoms with Crippen LogP contribution in [0.1, 0.15) is 29.7 Å². The Morgan fingerprint density at radius 3 is 2.58 bits per heavy atom. The maximum absolute atomic E-state index is 12.5. The summed E-state index contributed by atoms with van der Waals surface area (Å²) in [7, 11) is 1.84. The number of aromatic nitrogens is 5. The average molecular weight is 439 g/mol. The lowest BCUT2D eigenvalue weighted by atomic mass is 9.99. The van der Waals surface area contributed by atoms with Crippen LogP contribution in [0.25, 0.3) is 0 Å². The summed E-state index contributed by atoms with van der Waals surface area (Å²) < 4.78 is 7.26. The Morgan fingerprint density at radius 2 is 1.94 bits per heavy atom. The SMILES string of the molecule is Cc1ccc(Cc2ccc(OC(=O)N3CCC(CSc4nnnn4C)CC3)cc2)nc1. The summed E-state index contributed by atoms with van der Waals surface area (Å²) in [4.78, 5) is 18.8. The van der Waals surface area contributed by atoms with Crippen LogP contribution in [0.4, 0.5) is 4.79 Å². The van der Waals surface area contributed by atoms with Crippen LogP contribution in [0.15, 0.2) is 47.8 Å². The zero-order valence-corrected chi connectivity index (χ0v) is 18.6. The Balaban J connectivity index is 1.22. The molecule has 3 aromatic rings. The number of rotatable bonds is 6. The molecule has 2 aromatic heterocycles. The highest BCUT2D eigenvalue weighted by atomic mass is 32.2. The minimum absolute atomic E-state index is 0.281. The first-order valence-corrected chi connectivity index (χ1v) is 11.4. The Hall–Kier alpha value is -2.94. The molecule has 3 heterocycles. The lowest BCUT2D eigenvalue weighted by Crippen LogP contribution is -2.40. The Morgan fingerprint density at radius 1 is 1.16 bits per heavy atom. The van der Waals surface area contributed by atoms with Gasteiger partial charge in [0.2, 0.25) is 5.16 Å². The summed E-state index contributed by atoms with van der Waals surface area (Å²) in [6.45, 7) is 3.44. The van der Waals surface area contributed by atoms with Gasteiger partial charge in [0.15, 0.2) is 0 Å². The molecule has 31 heavy (non-hydrogen) atoms. The van der Waals surface area contributed by atoms with Crippen LogP contribution in [0, 0.1) is 12.8 Å². The van der Waals surface area contributed by atoms with E-state index in [1.165, 1.54) is 0 Å². The normalized spacial score (nSPS) is 14.6. The number of thioether (sulfide) groups is 1. The molecule has 1 aliphatic rings. The minimum atomic E-state index is -0.281. The molecular weight excluding hydrogens is 412 g/mol. The predicted octanol–water partition coefficient (Wildman–Crippen LogP) is 3.51. The number of nitrogens with zero attached hydrogens (tertiary/aromatic N) is 6. The minimum Gasteiger partial charge on any atom is -0.410 e. The van der Waals surface area contributed by atoms with Gasteiger partial charge in [-0.25, -0.2) is 9.48 Å². The molecule has 1 aliphatic heterocycles. The number of benzene rings is 1. The number of piperidine rings is 1. The van der Waals surface area contributed by atoms with Gasteiger partial charge in [-0.3, -0.25) is 4.98 Å². The van der Waals surface area contributed by atoms with E-state index in [9.17, 15) is 4.79 Å². The Labute approximate surface area is 186 Å². The maximum Gasteiger partial charge on any atom is 0.415 e. The molecule has 8 nitrogen and oxygen atoms in total. The van der Waals surface area contributed by atoms with Gasteiger partial charge in [-0.05, 0) is 65.4 Å². The van der Waals surface area contributed by atoms with E-state index in [-0.39, 0.29) is 6.09 Å². The van der Waals surface area contributed by atoms with Crippen molar-refractivity contribution in [3.8, 4) is 5.75 Å². The van der Waals surface area contributed by atoms with Gasteiger partial charge in [0.05, 0.1) is 0 Å². The molecule has 0 spiro atoms. The number of aryl methyl sites for hydroxylation is 2. The van der Waals surface area contributed by atoms with Gasteiger partial charge in [0, 0.05) is 44.2 Å². The fraction of sp³-hybridized carbons (Fsp3) is 0.409. The van der Waals surface area contributed by atoms with Crippen molar-refractivity contribution < 1.29 is 9.53 Å². The molecule has 1 aromatic carbocycles. The number of ether oxygens (including phenoxy) is 1. The molecule has 9 heteroatoms. The Bertz CT molecular complexity index is 998. The largest absolute Gasteiger partial charge is 0.415 e. The van der Waals surface area contributed by atoms with E-state index in [1.807, 2.05) is 50.5 Å². The third-order valence-corrected chi connectivity index (χ3v) is 6.63. The van der Waals surface area contributed by atoms with Gasteiger partial charge >= 0.3 is 6.09 Å². The summed E-state index contributed by atoms with van der Waals surface area (Å²) in [5, 5.41) is 12.3. The van der Waals surface area contributed by atoms with Gasteiger partial charge in [0.1, 0.15) is 5.75 Å². The van der Waals surface area contributed by atoms with Crippen molar-refractivity contribution in [2.45, 2.75) is 31.3 Å². The van der Waals surface area contributed by atoms with Crippen LogP contribution in [0.3, 0.4) is 0 Å². The molecule has 4 rings (SSSR count). The van der Waals surface area contributed by atoms with E-state index in [2.05, 4.69) is 26.6 Å². The van der Waals surface area contributed by atoms with Gasteiger partial charge in [-0.1, -0.05) is 30.0 Å². The van der Waals surface area contributed by atoms with E-state index < -0.39 is 0 Å². The smallest absolute Gasteiger partial charge is 0.410 e. The summed E-state index contributed by atoms with van der Waals surface area (Å²) in [6.07, 6.45) is 4.26. The lowest BCUT2D eigenvalue weighted by molar-refractivity contribution is 0.134. The van der Waals surface area contributed by atoms with Crippen molar-refractivity contribution in [1.82, 2.24) is 30.1 Å². The van der Waals surface area contributed by atoms with Crippen molar-refractivity contribution in [3.63, 3.8) is 0 Å². The van der Waals surface area contributed by atoms with Gasteiger partial charge in [-0.2, -0.15) is 0 Å². The summed E-state index contributed by atoms with van der Waals surface area (Å²) in [5.41, 5.74) is 3.30. The predicted molar refractivity (Wildman–Crippen MR) is 118 cm³/mol. The van der Waals surface area contributed by atoms with Crippen molar-refractivity contribution in [1.29, 1.82) is 0 Å². The van der Waals surface area contributed by atoms with Crippen LogP contribution in [-0.4, -0.2) is 55.0 Å². The maximum atomic E-state index is 12.5. The number of tetrazole rings is 1. The van der Waals surface area contributed by atoms with E-state index in [0.717, 1.165) is 47.0 Å². The fourth-order valence-corrected chi connectivity index (χ4v) is 4.51. The van der Waals surface area contributed by atoms with Gasteiger partial charge in [0.25, 0.3) is 0 Å². The van der Waals surface area contributed by atoms with Crippen LogP contribution in [0.5, 0.6) is 5.75 Å². The van der Waals surface area contributed by atoms with Crippen LogP contribution >= 0.6 is 11.8 Å². The van der Waals surface area contributed by atoms with E-state index >= 15 is 0 Å². The first-order chi connectivity index (χ1) is 15.1. The molecule has 0 bridgehead atoms. The zero-order valence-electron chi connectivity index (χ0n) is 17.8. The van der Waals surface area contributed by atoms with Crippen LogP contribution < -0.4 is 4.74 Å². The number of likely N-dealkylation sites (tertiary alicyclic amines) is 1. The van der Waals surface area contributed by atoms with Crippen molar-refractivity contribution in [2.75, 3.05) is 18.8 Å². The molecule has 0 radical (unpaired) electrons. The van der Waals surface area contributed by atoms with E-state index in [0.29, 0.717) is 24.8 Å². The standard InChI is InChI=1S/C22H26N6O2S/c1-16-3-6-19(23-14-16)13-17-4-7-20(8-5-17)30-22(29)28-11-9-18(10-12-28)15-31-21-24-25-26-27(21)2/h3-8,14,18H,9-13,15H2,1-2H3. The molecular formula is C22H26N6O2S. The molecule has 0 atom stereocenters. The highest BCUT2D eigenvalue weighted by Crippen LogP contribution is 2.25. The number of hydrogen-bond acceptors (Lipinski definition) is 7. The van der Waals surface area contributed by atoms with Crippen LogP contribution in [0.2, 0.25) is 0 Å². The third-order valence-electron chi connectivity index (χ3n) is 5.39. The van der Waals surface area contributed by atoms with Crippen LogP contribution in [-0.2, 0) is 13.5 Å². The zero-order chi connectivity index (χ0) is 21.6. The first-order valence-electron chi connectivity index (χ1n) is 10.4. The topological polar surface area (TPSA) is 86.0 Å². The monoisotopic (exact) mass is 438 g/mol. The lowest BCUT2D eigenvalue weighted by Gasteiger charge is -2.30. The highest BCUT2D eigenvalue weighted by Gasteiger charge is 2.24. The van der Waals surface area contributed by atoms with Gasteiger partial charge < -0.3 is 9.64 Å². The summed E-state index contributed by atoms with van der Waals surface area (Å²) in [5.74, 6) is 2.06. The molecule has 0 saturated carbocycles. The molecule has 162 valence electrons. The first kappa shape index (κ1) is 21.3. The number of amides is 1. The molecule has 0 unspecified atom stereocenters. The Kier molecular flexibility index (Phi) is 6.81. The molecule has 0 aliphatic carbocycles. The molecule has 0 N–H and O–H groups in total. The number of hydrogen-bond donors (Lipinski definition) is 0. The molecule has 1 fully saturated rings. The van der Waals surface area contributed by atoms with Gasteiger partial charge in [-0.15, -0.1) is 5.10 Å². The second kappa shape index (κ2) is 9.91. The second-order valence-corrected chi connectivity index (χ2v) is 8.83.